The van der Waals surface area contributed by atoms with E-state index in [9.17, 15) is 14.4 Å². The lowest BCUT2D eigenvalue weighted by molar-refractivity contribution is -0.122. The minimum atomic E-state index is -0.573. The van der Waals surface area contributed by atoms with Gasteiger partial charge in [0.05, 0.1) is 16.6 Å². The number of aromatic amines is 1. The molecule has 3 aromatic rings. The van der Waals surface area contributed by atoms with Crippen LogP contribution in [0.4, 0.5) is 5.69 Å². The molecular formula is C24H21BrN2O3S2. The van der Waals surface area contributed by atoms with Crippen molar-refractivity contribution in [3.63, 3.8) is 0 Å². The molecule has 5 rings (SSSR count). The van der Waals surface area contributed by atoms with Gasteiger partial charge in [-0.15, -0.1) is 0 Å². The standard InChI is InChI=1S/C24H21BrN2O3S2/c1-24(2,3)13-6-4-12(5-7-13)16-17-19(31-20-18(16)32-23(30)26-20)22(29)27(21(17)28)15-10-8-14(25)9-11-15/h4-11,16-17,19H,1-3H3,(H,26,30)/t16-,17-,19+/m0/s1. The number of rotatable bonds is 2. The van der Waals surface area contributed by atoms with Crippen LogP contribution in [0.2, 0.25) is 0 Å². The van der Waals surface area contributed by atoms with Gasteiger partial charge < -0.3 is 4.98 Å². The summed E-state index contributed by atoms with van der Waals surface area (Å²) in [6, 6.07) is 15.4. The quantitative estimate of drug-likeness (QED) is 0.458. The van der Waals surface area contributed by atoms with Crippen LogP contribution >= 0.6 is 39.0 Å². The number of hydrogen-bond donors (Lipinski definition) is 1. The molecule has 0 aliphatic carbocycles. The maximum absolute atomic E-state index is 13.7. The van der Waals surface area contributed by atoms with Gasteiger partial charge in [0.2, 0.25) is 11.8 Å². The fourth-order valence-electron chi connectivity index (χ4n) is 4.41. The molecule has 8 heteroatoms. The molecule has 0 bridgehead atoms. The number of anilines is 1. The summed E-state index contributed by atoms with van der Waals surface area (Å²) in [5, 5.41) is 0.126. The number of halogens is 1. The van der Waals surface area contributed by atoms with Crippen LogP contribution in [-0.4, -0.2) is 22.0 Å². The third-order valence-corrected chi connectivity index (χ3v) is 8.97. The minimum absolute atomic E-state index is 0.00503. The zero-order chi connectivity index (χ0) is 22.8. The molecule has 1 aromatic heterocycles. The van der Waals surface area contributed by atoms with Crippen molar-refractivity contribution in [2.75, 3.05) is 4.90 Å². The second-order valence-electron chi connectivity index (χ2n) is 9.11. The van der Waals surface area contributed by atoms with Crippen molar-refractivity contribution in [3.8, 4) is 0 Å². The third-order valence-electron chi connectivity index (χ3n) is 6.04. The highest BCUT2D eigenvalue weighted by Gasteiger charge is 2.56. The fourth-order valence-corrected chi connectivity index (χ4v) is 7.19. The van der Waals surface area contributed by atoms with Gasteiger partial charge >= 0.3 is 4.87 Å². The lowest BCUT2D eigenvalue weighted by Gasteiger charge is -2.30. The van der Waals surface area contributed by atoms with Gasteiger partial charge in [0.25, 0.3) is 0 Å². The largest absolute Gasteiger partial charge is 0.307 e. The molecule has 0 radical (unpaired) electrons. The maximum Gasteiger partial charge on any atom is 0.305 e. The van der Waals surface area contributed by atoms with Crippen LogP contribution in [0.3, 0.4) is 0 Å². The molecular weight excluding hydrogens is 508 g/mol. The van der Waals surface area contributed by atoms with Gasteiger partial charge in [0.1, 0.15) is 5.25 Å². The molecule has 2 aromatic carbocycles. The van der Waals surface area contributed by atoms with E-state index in [1.165, 1.54) is 22.2 Å². The van der Waals surface area contributed by atoms with Crippen LogP contribution in [0.15, 0.2) is 62.8 Å². The Balaban J connectivity index is 1.61. The van der Waals surface area contributed by atoms with E-state index in [0.717, 1.165) is 26.3 Å². The summed E-state index contributed by atoms with van der Waals surface area (Å²) in [6.45, 7) is 6.46. The molecule has 5 nitrogen and oxygen atoms in total. The van der Waals surface area contributed by atoms with Crippen LogP contribution in [0.1, 0.15) is 42.7 Å². The maximum atomic E-state index is 13.7. The van der Waals surface area contributed by atoms with E-state index in [-0.39, 0.29) is 28.0 Å². The summed E-state index contributed by atoms with van der Waals surface area (Å²) < 4.78 is 0.878. The highest BCUT2D eigenvalue weighted by atomic mass is 79.9. The van der Waals surface area contributed by atoms with Crippen molar-refractivity contribution < 1.29 is 9.59 Å². The van der Waals surface area contributed by atoms with Crippen molar-refractivity contribution in [2.45, 2.75) is 42.4 Å². The van der Waals surface area contributed by atoms with Gasteiger partial charge in [-0.05, 0) is 40.8 Å². The molecule has 0 saturated carbocycles. The fraction of sp³-hybridized carbons (Fsp3) is 0.292. The third kappa shape index (κ3) is 3.49. The molecule has 1 fully saturated rings. The van der Waals surface area contributed by atoms with Crippen molar-refractivity contribution in [2.24, 2.45) is 5.92 Å². The molecule has 2 aliphatic heterocycles. The number of carbonyl (C=O) groups is 2. The van der Waals surface area contributed by atoms with Crippen LogP contribution in [0.5, 0.6) is 0 Å². The highest BCUT2D eigenvalue weighted by Crippen LogP contribution is 2.53. The molecule has 0 spiro atoms. The number of fused-ring (bicyclic) bond motifs is 2. The van der Waals surface area contributed by atoms with Gasteiger partial charge in [0, 0.05) is 15.3 Å². The van der Waals surface area contributed by atoms with Gasteiger partial charge in [-0.25, -0.2) is 4.90 Å². The predicted octanol–water partition coefficient (Wildman–Crippen LogP) is 5.29. The number of carbonyl (C=O) groups excluding carboxylic acids is 2. The zero-order valence-electron chi connectivity index (χ0n) is 17.7. The van der Waals surface area contributed by atoms with Crippen LogP contribution in [0, 0.1) is 5.92 Å². The van der Waals surface area contributed by atoms with E-state index < -0.39 is 11.2 Å². The zero-order valence-corrected chi connectivity index (χ0v) is 20.9. The Hall–Kier alpha value is -2.16. The Bertz CT molecular complexity index is 1270. The lowest BCUT2D eigenvalue weighted by Crippen LogP contribution is -2.32. The first kappa shape index (κ1) is 21.7. The summed E-state index contributed by atoms with van der Waals surface area (Å²) >= 11 is 5.84. The van der Waals surface area contributed by atoms with Crippen molar-refractivity contribution in [3.05, 3.63) is 78.7 Å². The Labute approximate surface area is 202 Å². The van der Waals surface area contributed by atoms with Gasteiger partial charge in [0.15, 0.2) is 0 Å². The average Bonchev–Trinajstić information content (AvgIpc) is 3.23. The van der Waals surface area contributed by atoms with Crippen molar-refractivity contribution >= 4 is 56.5 Å². The van der Waals surface area contributed by atoms with Crippen LogP contribution in [-0.2, 0) is 15.0 Å². The molecule has 32 heavy (non-hydrogen) atoms. The Morgan fingerprint density at radius 3 is 2.22 bits per heavy atom. The number of amides is 2. The number of H-pyrrole nitrogens is 1. The van der Waals surface area contributed by atoms with Crippen LogP contribution in [0.25, 0.3) is 0 Å². The molecule has 2 aliphatic rings. The van der Waals surface area contributed by atoms with Gasteiger partial charge in [-0.2, -0.15) is 0 Å². The first-order chi connectivity index (χ1) is 15.1. The highest BCUT2D eigenvalue weighted by molar-refractivity contribution is 9.10. The Morgan fingerprint density at radius 1 is 0.938 bits per heavy atom. The van der Waals surface area contributed by atoms with E-state index in [1.807, 2.05) is 24.3 Å². The van der Waals surface area contributed by atoms with Gasteiger partial charge in [-0.1, -0.05) is 84.1 Å². The van der Waals surface area contributed by atoms with Crippen molar-refractivity contribution in [1.29, 1.82) is 0 Å². The molecule has 3 heterocycles. The number of nitrogens with zero attached hydrogens (tertiary/aromatic N) is 1. The molecule has 1 N–H and O–H groups in total. The molecule has 1 saturated heterocycles. The molecule has 0 unspecified atom stereocenters. The summed E-state index contributed by atoms with van der Waals surface area (Å²) in [4.78, 5) is 44.1. The topological polar surface area (TPSA) is 70.2 Å². The first-order valence-corrected chi connectivity index (χ1v) is 12.8. The Kier molecular flexibility index (Phi) is 5.22. The molecule has 3 atom stereocenters. The molecule has 164 valence electrons. The van der Waals surface area contributed by atoms with E-state index in [2.05, 4.69) is 53.8 Å². The number of imide groups is 1. The number of benzene rings is 2. The van der Waals surface area contributed by atoms with Crippen LogP contribution < -0.4 is 9.77 Å². The normalized spacial score (nSPS) is 22.8. The summed E-state index contributed by atoms with van der Waals surface area (Å²) in [7, 11) is 0. The summed E-state index contributed by atoms with van der Waals surface area (Å²) in [5.41, 5.74) is 2.71. The van der Waals surface area contributed by atoms with Gasteiger partial charge in [-0.3, -0.25) is 14.4 Å². The SMILES string of the molecule is CC(C)(C)c1ccc([C@@H]2c3sc(=O)[nH]c3S[C@H]3C(=O)N(c4ccc(Br)cc4)C(=O)[C@@H]23)cc1. The molecule has 2 amide bonds. The monoisotopic (exact) mass is 528 g/mol. The number of aromatic nitrogens is 1. The number of thioether (sulfide) groups is 1. The van der Waals surface area contributed by atoms with E-state index in [4.69, 9.17) is 0 Å². The Morgan fingerprint density at radius 2 is 1.59 bits per heavy atom. The number of thiazole rings is 1. The van der Waals surface area contributed by atoms with E-state index in [0.29, 0.717) is 10.7 Å². The number of nitrogens with one attached hydrogen (secondary N) is 1. The first-order valence-electron chi connectivity index (χ1n) is 10.3. The predicted molar refractivity (Wildman–Crippen MR) is 132 cm³/mol. The smallest absolute Gasteiger partial charge is 0.305 e. The average molecular weight is 529 g/mol. The summed E-state index contributed by atoms with van der Waals surface area (Å²) in [5.74, 6) is -1.35. The minimum Gasteiger partial charge on any atom is -0.307 e. The van der Waals surface area contributed by atoms with E-state index in [1.54, 1.807) is 12.1 Å². The lowest BCUT2D eigenvalue weighted by atomic mass is 9.81. The number of hydrogen-bond acceptors (Lipinski definition) is 5. The summed E-state index contributed by atoms with van der Waals surface area (Å²) in [6.07, 6.45) is 0. The second kappa shape index (κ2) is 7.71. The second-order valence-corrected chi connectivity index (χ2v) is 12.2. The van der Waals surface area contributed by atoms with Crippen molar-refractivity contribution in [1.82, 2.24) is 4.98 Å². The van der Waals surface area contributed by atoms with E-state index >= 15 is 0 Å².